The van der Waals surface area contributed by atoms with Crippen molar-refractivity contribution in [2.24, 2.45) is 0 Å². The van der Waals surface area contributed by atoms with E-state index in [-0.39, 0.29) is 5.91 Å². The number of rotatable bonds is 4. The van der Waals surface area contributed by atoms with Gasteiger partial charge in [-0.1, -0.05) is 30.3 Å². The van der Waals surface area contributed by atoms with Crippen molar-refractivity contribution < 1.29 is 4.79 Å². The van der Waals surface area contributed by atoms with Gasteiger partial charge in [0.05, 0.1) is 6.54 Å². The van der Waals surface area contributed by atoms with Crippen molar-refractivity contribution in [2.45, 2.75) is 25.8 Å². The van der Waals surface area contributed by atoms with E-state index in [2.05, 4.69) is 25.2 Å². The van der Waals surface area contributed by atoms with Gasteiger partial charge < -0.3 is 5.32 Å². The van der Waals surface area contributed by atoms with Crippen LogP contribution in [0, 0.1) is 13.8 Å². The minimum Gasteiger partial charge on any atom is -0.350 e. The largest absolute Gasteiger partial charge is 0.350 e. The maximum atomic E-state index is 12.0. The van der Waals surface area contributed by atoms with Gasteiger partial charge >= 0.3 is 0 Å². The summed E-state index contributed by atoms with van der Waals surface area (Å²) in [7, 11) is 0. The number of benzene rings is 1. The summed E-state index contributed by atoms with van der Waals surface area (Å²) in [5.41, 5.74) is 2.08. The molecule has 0 aliphatic rings. The molecule has 0 fully saturated rings. The van der Waals surface area contributed by atoms with Gasteiger partial charge in [0.15, 0.2) is 0 Å². The number of aryl methyl sites for hydroxylation is 2. The molecule has 1 N–H and O–H groups in total. The van der Waals surface area contributed by atoms with Gasteiger partial charge in [-0.15, -0.1) is 22.9 Å². The van der Waals surface area contributed by atoms with Gasteiger partial charge in [0.1, 0.15) is 5.38 Å². The summed E-state index contributed by atoms with van der Waals surface area (Å²) >= 11 is 7.86. The normalized spacial score (nSPS) is 12.2. The first-order valence-corrected chi connectivity index (χ1v) is 7.36. The molecule has 1 aromatic heterocycles. The molecule has 0 spiro atoms. The summed E-state index contributed by atoms with van der Waals surface area (Å²) in [6.45, 7) is 4.69. The molecular weight excluding hydrogens is 278 g/mol. The smallest absolute Gasteiger partial charge is 0.242 e. The molecule has 1 unspecified atom stereocenters. The highest BCUT2D eigenvalue weighted by molar-refractivity contribution is 7.12. The Hall–Kier alpha value is -1.32. The number of alkyl halides is 1. The molecule has 1 aromatic carbocycles. The van der Waals surface area contributed by atoms with Crippen LogP contribution in [-0.2, 0) is 11.3 Å². The van der Waals surface area contributed by atoms with Gasteiger partial charge in [0, 0.05) is 9.75 Å². The van der Waals surface area contributed by atoms with Gasteiger partial charge in [0.2, 0.25) is 5.91 Å². The zero-order valence-corrected chi connectivity index (χ0v) is 12.5. The maximum Gasteiger partial charge on any atom is 0.242 e. The van der Waals surface area contributed by atoms with Crippen molar-refractivity contribution in [1.29, 1.82) is 0 Å². The molecular formula is C15H16ClNOS. The quantitative estimate of drug-likeness (QED) is 0.849. The monoisotopic (exact) mass is 293 g/mol. The molecule has 0 radical (unpaired) electrons. The maximum absolute atomic E-state index is 12.0. The van der Waals surface area contributed by atoms with E-state index in [1.807, 2.05) is 30.3 Å². The van der Waals surface area contributed by atoms with Crippen LogP contribution in [0.25, 0.3) is 0 Å². The van der Waals surface area contributed by atoms with Crippen LogP contribution in [0.5, 0.6) is 0 Å². The number of hydrogen-bond donors (Lipinski definition) is 1. The highest BCUT2D eigenvalue weighted by atomic mass is 35.5. The average Bonchev–Trinajstić information content (AvgIpc) is 2.75. The van der Waals surface area contributed by atoms with Crippen LogP contribution in [0.1, 0.15) is 26.3 Å². The Morgan fingerprint density at radius 3 is 2.58 bits per heavy atom. The Kier molecular flexibility index (Phi) is 4.61. The molecule has 0 bridgehead atoms. The molecule has 2 aromatic rings. The molecule has 1 heterocycles. The lowest BCUT2D eigenvalue weighted by Crippen LogP contribution is -2.26. The highest BCUT2D eigenvalue weighted by Crippen LogP contribution is 2.22. The molecule has 1 atom stereocenters. The Balaban J connectivity index is 1.94. The minimum atomic E-state index is -0.636. The van der Waals surface area contributed by atoms with Crippen LogP contribution in [0.4, 0.5) is 0 Å². The second kappa shape index (κ2) is 6.22. The van der Waals surface area contributed by atoms with E-state index in [1.54, 1.807) is 11.3 Å². The Morgan fingerprint density at radius 2 is 2.00 bits per heavy atom. The molecule has 0 saturated heterocycles. The van der Waals surface area contributed by atoms with Crippen molar-refractivity contribution >= 4 is 28.8 Å². The van der Waals surface area contributed by atoms with Crippen LogP contribution in [0.15, 0.2) is 36.4 Å². The molecule has 0 aliphatic heterocycles. The lowest BCUT2D eigenvalue weighted by molar-refractivity contribution is -0.121. The molecule has 1 amide bonds. The third-order valence-corrected chi connectivity index (χ3v) is 4.58. The van der Waals surface area contributed by atoms with E-state index < -0.39 is 5.38 Å². The lowest BCUT2D eigenvalue weighted by atomic mass is 10.1. The first kappa shape index (κ1) is 14.1. The van der Waals surface area contributed by atoms with Gasteiger partial charge in [-0.3, -0.25) is 4.79 Å². The van der Waals surface area contributed by atoms with E-state index >= 15 is 0 Å². The van der Waals surface area contributed by atoms with Crippen molar-refractivity contribution in [3.8, 4) is 0 Å². The van der Waals surface area contributed by atoms with Gasteiger partial charge in [-0.2, -0.15) is 0 Å². The van der Waals surface area contributed by atoms with Crippen LogP contribution < -0.4 is 5.32 Å². The van der Waals surface area contributed by atoms with E-state index in [0.29, 0.717) is 6.54 Å². The zero-order valence-electron chi connectivity index (χ0n) is 10.9. The van der Waals surface area contributed by atoms with Crippen molar-refractivity contribution in [3.63, 3.8) is 0 Å². The summed E-state index contributed by atoms with van der Waals surface area (Å²) in [6, 6.07) is 11.5. The van der Waals surface area contributed by atoms with Crippen molar-refractivity contribution in [2.75, 3.05) is 0 Å². The SMILES string of the molecule is Cc1cc(CNC(=O)C(Cl)c2ccccc2)sc1C. The van der Waals surface area contributed by atoms with Crippen molar-refractivity contribution in [1.82, 2.24) is 5.32 Å². The molecule has 2 rings (SSSR count). The number of nitrogens with one attached hydrogen (secondary N) is 1. The number of carbonyl (C=O) groups excluding carboxylic acids is 1. The number of carbonyl (C=O) groups is 1. The Morgan fingerprint density at radius 1 is 1.32 bits per heavy atom. The predicted octanol–water partition coefficient (Wildman–Crippen LogP) is 3.96. The standard InChI is InChI=1S/C15H16ClNOS/c1-10-8-13(19-11(10)2)9-17-15(18)14(16)12-6-4-3-5-7-12/h3-8,14H,9H2,1-2H3,(H,17,18). The number of amides is 1. The fraction of sp³-hybridized carbons (Fsp3) is 0.267. The topological polar surface area (TPSA) is 29.1 Å². The van der Waals surface area contributed by atoms with Gasteiger partial charge in [-0.05, 0) is 31.0 Å². The van der Waals surface area contributed by atoms with Crippen LogP contribution in [-0.4, -0.2) is 5.91 Å². The molecule has 19 heavy (non-hydrogen) atoms. The molecule has 0 aliphatic carbocycles. The summed E-state index contributed by atoms with van der Waals surface area (Å²) in [4.78, 5) is 14.4. The number of thiophene rings is 1. The fourth-order valence-electron chi connectivity index (χ4n) is 1.77. The minimum absolute atomic E-state index is 0.156. The van der Waals surface area contributed by atoms with Crippen LogP contribution in [0.2, 0.25) is 0 Å². The summed E-state index contributed by atoms with van der Waals surface area (Å²) in [5.74, 6) is -0.156. The van der Waals surface area contributed by atoms with E-state index in [9.17, 15) is 4.79 Å². The lowest BCUT2D eigenvalue weighted by Gasteiger charge is -2.10. The Labute approximate surface area is 122 Å². The zero-order chi connectivity index (χ0) is 13.8. The molecule has 2 nitrogen and oxygen atoms in total. The van der Waals surface area contributed by atoms with Gasteiger partial charge in [0.25, 0.3) is 0 Å². The first-order valence-electron chi connectivity index (χ1n) is 6.10. The van der Waals surface area contributed by atoms with Gasteiger partial charge in [-0.25, -0.2) is 0 Å². The van der Waals surface area contributed by atoms with Crippen LogP contribution >= 0.6 is 22.9 Å². The molecule has 100 valence electrons. The summed E-state index contributed by atoms with van der Waals surface area (Å²) < 4.78 is 0. The second-order valence-corrected chi connectivity index (χ2v) is 6.22. The number of halogens is 1. The number of hydrogen-bond acceptors (Lipinski definition) is 2. The predicted molar refractivity (Wildman–Crippen MR) is 80.7 cm³/mol. The summed E-state index contributed by atoms with van der Waals surface area (Å²) in [5, 5.41) is 2.24. The average molecular weight is 294 g/mol. The third kappa shape index (κ3) is 3.58. The fourth-order valence-corrected chi connectivity index (χ4v) is 2.99. The Bertz CT molecular complexity index is 545. The first-order chi connectivity index (χ1) is 9.08. The van der Waals surface area contributed by atoms with E-state index in [1.165, 1.54) is 10.4 Å². The molecule has 0 saturated carbocycles. The summed E-state index contributed by atoms with van der Waals surface area (Å²) in [6.07, 6.45) is 0. The second-order valence-electron chi connectivity index (χ2n) is 4.44. The van der Waals surface area contributed by atoms with E-state index in [4.69, 9.17) is 11.6 Å². The van der Waals surface area contributed by atoms with Crippen molar-refractivity contribution in [3.05, 3.63) is 57.3 Å². The highest BCUT2D eigenvalue weighted by Gasteiger charge is 2.17. The van der Waals surface area contributed by atoms with Crippen LogP contribution in [0.3, 0.4) is 0 Å². The third-order valence-electron chi connectivity index (χ3n) is 2.98. The molecule has 4 heteroatoms. The van der Waals surface area contributed by atoms with E-state index in [0.717, 1.165) is 10.4 Å².